The standard InChI is InChI=1S/C29H32Cl2FN3O4S/c1-4-20(3)33-29(37)27(5-2)34(18-21-11-13-24(32)14-12-21)28(36)19-35(25-16-22(30)15-23(31)17-25)40(38,39)26-9-7-6-8-10-26/h6-17,20,27H,4-5,18-19H2,1-3H3,(H,33,37). The number of nitrogens with zero attached hydrogens (tertiary/aromatic N) is 2. The van der Waals surface area contributed by atoms with Crippen LogP contribution >= 0.6 is 23.2 Å². The van der Waals surface area contributed by atoms with Gasteiger partial charge in [0.25, 0.3) is 10.0 Å². The molecule has 214 valence electrons. The molecule has 2 atom stereocenters. The number of hydrogen-bond acceptors (Lipinski definition) is 4. The van der Waals surface area contributed by atoms with Gasteiger partial charge in [-0.3, -0.25) is 13.9 Å². The number of halogens is 3. The molecule has 0 heterocycles. The first-order valence-electron chi connectivity index (χ1n) is 12.8. The van der Waals surface area contributed by atoms with Gasteiger partial charge in [-0.25, -0.2) is 12.8 Å². The van der Waals surface area contributed by atoms with E-state index in [0.29, 0.717) is 12.0 Å². The van der Waals surface area contributed by atoms with Crippen molar-refractivity contribution in [1.82, 2.24) is 10.2 Å². The third-order valence-electron chi connectivity index (χ3n) is 6.40. The number of benzene rings is 3. The normalized spacial score (nSPS) is 12.8. The number of hydrogen-bond donors (Lipinski definition) is 1. The van der Waals surface area contributed by atoms with Gasteiger partial charge in [-0.05, 0) is 67.8 Å². The Kier molecular flexibility index (Phi) is 11.0. The van der Waals surface area contributed by atoms with Crippen molar-refractivity contribution in [2.75, 3.05) is 10.8 Å². The number of carbonyl (C=O) groups is 2. The van der Waals surface area contributed by atoms with Gasteiger partial charge in [-0.15, -0.1) is 0 Å². The Morgan fingerprint density at radius 2 is 1.52 bits per heavy atom. The van der Waals surface area contributed by atoms with Crippen molar-refractivity contribution in [3.8, 4) is 0 Å². The SMILES string of the molecule is CCC(C)NC(=O)C(CC)N(Cc1ccc(F)cc1)C(=O)CN(c1cc(Cl)cc(Cl)c1)S(=O)(=O)c1ccccc1. The lowest BCUT2D eigenvalue weighted by molar-refractivity contribution is -0.140. The fraction of sp³-hybridized carbons (Fsp3) is 0.310. The van der Waals surface area contributed by atoms with E-state index < -0.39 is 34.3 Å². The Hall–Kier alpha value is -3.14. The largest absolute Gasteiger partial charge is 0.352 e. The Balaban J connectivity index is 2.07. The lowest BCUT2D eigenvalue weighted by Crippen LogP contribution is -2.53. The molecule has 0 saturated heterocycles. The van der Waals surface area contributed by atoms with Crippen molar-refractivity contribution >= 4 is 50.7 Å². The molecule has 0 radical (unpaired) electrons. The third kappa shape index (κ3) is 7.96. The molecule has 11 heteroatoms. The van der Waals surface area contributed by atoms with Crippen LogP contribution in [0, 0.1) is 5.82 Å². The van der Waals surface area contributed by atoms with Crippen molar-refractivity contribution < 1.29 is 22.4 Å². The van der Waals surface area contributed by atoms with Crippen LogP contribution in [-0.4, -0.2) is 43.8 Å². The molecule has 3 aromatic carbocycles. The summed E-state index contributed by atoms with van der Waals surface area (Å²) in [7, 11) is -4.25. The minimum atomic E-state index is -4.25. The van der Waals surface area contributed by atoms with Crippen LogP contribution in [0.1, 0.15) is 39.2 Å². The molecule has 40 heavy (non-hydrogen) atoms. The number of anilines is 1. The molecule has 0 fully saturated rings. The highest BCUT2D eigenvalue weighted by molar-refractivity contribution is 7.92. The quantitative estimate of drug-likeness (QED) is 0.271. The van der Waals surface area contributed by atoms with Crippen LogP contribution in [0.3, 0.4) is 0 Å². The maximum Gasteiger partial charge on any atom is 0.264 e. The number of amides is 2. The molecule has 3 aromatic rings. The zero-order valence-corrected chi connectivity index (χ0v) is 24.8. The summed E-state index contributed by atoms with van der Waals surface area (Å²) in [5, 5.41) is 3.28. The van der Waals surface area contributed by atoms with Gasteiger partial charge in [0, 0.05) is 22.6 Å². The maximum absolute atomic E-state index is 14.0. The van der Waals surface area contributed by atoms with E-state index >= 15 is 0 Å². The first-order valence-corrected chi connectivity index (χ1v) is 15.0. The Morgan fingerprint density at radius 1 is 0.925 bits per heavy atom. The van der Waals surface area contributed by atoms with Crippen LogP contribution in [0.25, 0.3) is 0 Å². The Bertz CT molecular complexity index is 1400. The summed E-state index contributed by atoms with van der Waals surface area (Å²) in [6.45, 7) is 4.87. The van der Waals surface area contributed by atoms with Crippen LogP contribution in [0.15, 0.2) is 77.7 Å². The van der Waals surface area contributed by atoms with Crippen LogP contribution < -0.4 is 9.62 Å². The van der Waals surface area contributed by atoms with E-state index in [1.165, 1.54) is 59.5 Å². The molecule has 0 spiro atoms. The van der Waals surface area contributed by atoms with E-state index in [1.807, 2.05) is 13.8 Å². The first kappa shape index (κ1) is 31.4. The summed E-state index contributed by atoms with van der Waals surface area (Å²) >= 11 is 12.4. The number of carbonyl (C=O) groups excluding carboxylic acids is 2. The zero-order chi connectivity index (χ0) is 29.4. The number of rotatable bonds is 12. The third-order valence-corrected chi connectivity index (χ3v) is 8.62. The zero-order valence-electron chi connectivity index (χ0n) is 22.5. The van der Waals surface area contributed by atoms with E-state index in [2.05, 4.69) is 5.32 Å². The summed E-state index contributed by atoms with van der Waals surface area (Å²) in [5.74, 6) is -1.44. The van der Waals surface area contributed by atoms with E-state index in [9.17, 15) is 22.4 Å². The molecule has 0 bridgehead atoms. The maximum atomic E-state index is 14.0. The van der Waals surface area contributed by atoms with Gasteiger partial charge < -0.3 is 10.2 Å². The number of sulfonamides is 1. The molecule has 1 N–H and O–H groups in total. The summed E-state index contributed by atoms with van der Waals surface area (Å²) in [5.41, 5.74) is 0.668. The lowest BCUT2D eigenvalue weighted by atomic mass is 10.1. The van der Waals surface area contributed by atoms with Gasteiger partial charge >= 0.3 is 0 Å². The summed E-state index contributed by atoms with van der Waals surface area (Å²) in [4.78, 5) is 28.6. The minimum Gasteiger partial charge on any atom is -0.352 e. The first-order chi connectivity index (χ1) is 19.0. The van der Waals surface area contributed by atoms with E-state index in [4.69, 9.17) is 23.2 Å². The van der Waals surface area contributed by atoms with Gasteiger partial charge in [-0.1, -0.05) is 67.4 Å². The Morgan fingerprint density at radius 3 is 2.08 bits per heavy atom. The molecule has 0 aliphatic carbocycles. The van der Waals surface area contributed by atoms with Gasteiger partial charge in [0.05, 0.1) is 10.6 Å². The second-order valence-electron chi connectivity index (χ2n) is 9.34. The summed E-state index contributed by atoms with van der Waals surface area (Å²) < 4.78 is 42.2. The highest BCUT2D eigenvalue weighted by Crippen LogP contribution is 2.30. The van der Waals surface area contributed by atoms with Crippen molar-refractivity contribution in [3.63, 3.8) is 0 Å². The summed E-state index contributed by atoms with van der Waals surface area (Å²) in [6.07, 6.45) is 0.955. The molecule has 2 unspecified atom stereocenters. The lowest BCUT2D eigenvalue weighted by Gasteiger charge is -2.33. The molecule has 0 aromatic heterocycles. The second-order valence-corrected chi connectivity index (χ2v) is 12.1. The minimum absolute atomic E-state index is 0.0365. The van der Waals surface area contributed by atoms with Crippen molar-refractivity contribution in [2.24, 2.45) is 0 Å². The van der Waals surface area contributed by atoms with E-state index in [1.54, 1.807) is 25.1 Å². The Labute approximate surface area is 244 Å². The molecule has 0 saturated carbocycles. The smallest absolute Gasteiger partial charge is 0.264 e. The average molecular weight is 609 g/mol. The van der Waals surface area contributed by atoms with E-state index in [0.717, 1.165) is 4.31 Å². The van der Waals surface area contributed by atoms with Gasteiger partial charge in [0.1, 0.15) is 18.4 Å². The fourth-order valence-corrected chi connectivity index (χ4v) is 6.01. The molecule has 2 amide bonds. The highest BCUT2D eigenvalue weighted by Gasteiger charge is 2.34. The molecule has 0 aliphatic rings. The molecular formula is C29H32Cl2FN3O4S. The van der Waals surface area contributed by atoms with Gasteiger partial charge in [-0.2, -0.15) is 0 Å². The predicted octanol–water partition coefficient (Wildman–Crippen LogP) is 6.05. The van der Waals surface area contributed by atoms with Crippen LogP contribution in [0.2, 0.25) is 10.0 Å². The number of nitrogens with one attached hydrogen (secondary N) is 1. The fourth-order valence-electron chi connectivity index (χ4n) is 4.08. The molecular weight excluding hydrogens is 576 g/mol. The predicted molar refractivity (Wildman–Crippen MR) is 156 cm³/mol. The van der Waals surface area contributed by atoms with Crippen molar-refractivity contribution in [3.05, 3.63) is 94.2 Å². The van der Waals surface area contributed by atoms with Gasteiger partial charge in [0.2, 0.25) is 11.8 Å². The van der Waals surface area contributed by atoms with Crippen LogP contribution in [0.4, 0.5) is 10.1 Å². The van der Waals surface area contributed by atoms with Crippen LogP contribution in [-0.2, 0) is 26.2 Å². The molecule has 0 aliphatic heterocycles. The monoisotopic (exact) mass is 607 g/mol. The topological polar surface area (TPSA) is 86.8 Å². The average Bonchev–Trinajstić information content (AvgIpc) is 2.92. The van der Waals surface area contributed by atoms with Crippen LogP contribution in [0.5, 0.6) is 0 Å². The molecule has 7 nitrogen and oxygen atoms in total. The van der Waals surface area contributed by atoms with Gasteiger partial charge in [0.15, 0.2) is 0 Å². The highest BCUT2D eigenvalue weighted by atomic mass is 35.5. The summed E-state index contributed by atoms with van der Waals surface area (Å²) in [6, 6.07) is 16.4. The molecule has 3 rings (SSSR count). The van der Waals surface area contributed by atoms with Crippen molar-refractivity contribution in [2.45, 2.75) is 57.1 Å². The van der Waals surface area contributed by atoms with Crippen molar-refractivity contribution in [1.29, 1.82) is 0 Å². The van der Waals surface area contributed by atoms with E-state index in [-0.39, 0.29) is 45.5 Å². The second kappa shape index (κ2) is 14.0.